The van der Waals surface area contributed by atoms with Crippen molar-refractivity contribution in [2.24, 2.45) is 5.92 Å². The van der Waals surface area contributed by atoms with Crippen molar-refractivity contribution in [1.29, 1.82) is 0 Å². The van der Waals surface area contributed by atoms with Crippen molar-refractivity contribution in [2.75, 3.05) is 13.1 Å². The third-order valence-corrected chi connectivity index (χ3v) is 2.71. The molecular weight excluding hydrogens is 270 g/mol. The van der Waals surface area contributed by atoms with Gasteiger partial charge in [0.2, 0.25) is 0 Å². The van der Waals surface area contributed by atoms with Crippen LogP contribution >= 0.6 is 22.9 Å². The molecule has 0 spiro atoms. The highest BCUT2D eigenvalue weighted by atomic mass is 127. The lowest BCUT2D eigenvalue weighted by atomic mass is 9.99. The molecule has 1 saturated heterocycles. The fraction of sp³-hybridized carbons (Fsp3) is 1.00. The van der Waals surface area contributed by atoms with E-state index in [1.54, 1.807) is 3.11 Å². The van der Waals surface area contributed by atoms with E-state index in [2.05, 4.69) is 0 Å². The van der Waals surface area contributed by atoms with Crippen LogP contribution in [0.4, 0.5) is 13.2 Å². The Labute approximate surface area is 77.4 Å². The van der Waals surface area contributed by atoms with E-state index in [1.165, 1.54) is 0 Å². The maximum absolute atomic E-state index is 12.1. The Bertz CT molecular complexity index is 136. The van der Waals surface area contributed by atoms with E-state index >= 15 is 0 Å². The zero-order chi connectivity index (χ0) is 8.48. The van der Waals surface area contributed by atoms with Crippen LogP contribution in [0, 0.1) is 5.92 Å². The van der Waals surface area contributed by atoms with E-state index in [-0.39, 0.29) is 6.54 Å². The summed E-state index contributed by atoms with van der Waals surface area (Å²) in [6, 6.07) is 0. The van der Waals surface area contributed by atoms with Crippen LogP contribution in [0.1, 0.15) is 12.8 Å². The minimum atomic E-state index is -4.00. The van der Waals surface area contributed by atoms with Gasteiger partial charge in [0.15, 0.2) is 0 Å². The van der Waals surface area contributed by atoms with Crippen molar-refractivity contribution in [3.63, 3.8) is 0 Å². The first-order valence-electron chi connectivity index (χ1n) is 3.47. The van der Waals surface area contributed by atoms with Crippen LogP contribution in [0.2, 0.25) is 0 Å². The fourth-order valence-electron chi connectivity index (χ4n) is 1.20. The molecule has 0 amide bonds. The minimum Gasteiger partial charge on any atom is -0.247 e. The van der Waals surface area contributed by atoms with Gasteiger partial charge in [-0.25, -0.2) is 3.11 Å². The summed E-state index contributed by atoms with van der Waals surface area (Å²) in [6.45, 7) is 0.942. The van der Waals surface area contributed by atoms with Crippen LogP contribution in [-0.4, -0.2) is 22.4 Å². The highest BCUT2D eigenvalue weighted by Crippen LogP contribution is 2.33. The highest BCUT2D eigenvalue weighted by Gasteiger charge is 2.41. The zero-order valence-corrected chi connectivity index (χ0v) is 8.02. The van der Waals surface area contributed by atoms with E-state index in [1.807, 2.05) is 22.9 Å². The molecule has 0 unspecified atom stereocenters. The molecule has 66 valence electrons. The molecule has 0 aromatic carbocycles. The lowest BCUT2D eigenvalue weighted by molar-refractivity contribution is -0.181. The number of hydrogen-bond donors (Lipinski definition) is 0. The average molecular weight is 279 g/mol. The fourth-order valence-corrected chi connectivity index (χ4v) is 2.01. The number of nitrogens with zero attached hydrogens (tertiary/aromatic N) is 1. The number of rotatable bonds is 0. The van der Waals surface area contributed by atoms with Crippen molar-refractivity contribution >= 4 is 22.9 Å². The number of alkyl halides is 3. The maximum atomic E-state index is 12.1. The van der Waals surface area contributed by atoms with Gasteiger partial charge in [-0.2, -0.15) is 13.2 Å². The Hall–Kier alpha value is 0.480. The lowest BCUT2D eigenvalue weighted by Crippen LogP contribution is -2.36. The Morgan fingerprint density at radius 2 is 2.00 bits per heavy atom. The minimum absolute atomic E-state index is 0.157. The normalized spacial score (nSPS) is 28.9. The standard InChI is InChI=1S/C6H9F3IN/c7-6(8,9)5-2-1-3-11(10)4-5/h5H,1-4H2/t5-/m1/s1. The predicted octanol–water partition coefficient (Wildman–Crippen LogP) is 2.61. The molecule has 0 radical (unpaired) electrons. The SMILES string of the molecule is FC(F)(F)[C@@H]1CCCN(I)C1. The molecule has 11 heavy (non-hydrogen) atoms. The molecule has 0 aliphatic carbocycles. The maximum Gasteiger partial charge on any atom is 0.393 e. The van der Waals surface area contributed by atoms with E-state index in [0.717, 1.165) is 6.54 Å². The summed E-state index contributed by atoms with van der Waals surface area (Å²) < 4.78 is 38.0. The molecule has 5 heteroatoms. The quantitative estimate of drug-likeness (QED) is 0.486. The van der Waals surface area contributed by atoms with Gasteiger partial charge >= 0.3 is 6.18 Å². The third-order valence-electron chi connectivity index (χ3n) is 1.83. The van der Waals surface area contributed by atoms with E-state index in [4.69, 9.17) is 0 Å². The lowest BCUT2D eigenvalue weighted by Gasteiger charge is -2.29. The van der Waals surface area contributed by atoms with Gasteiger partial charge in [-0.15, -0.1) is 0 Å². The summed E-state index contributed by atoms with van der Waals surface area (Å²) in [5, 5.41) is 0. The third kappa shape index (κ3) is 2.77. The van der Waals surface area contributed by atoms with Crippen LogP contribution in [0.3, 0.4) is 0 Å². The molecular formula is C6H9F3IN. The van der Waals surface area contributed by atoms with Crippen LogP contribution in [0.5, 0.6) is 0 Å². The smallest absolute Gasteiger partial charge is 0.247 e. The summed E-state index contributed by atoms with van der Waals surface area (Å²) in [5.74, 6) is -1.10. The van der Waals surface area contributed by atoms with Gasteiger partial charge in [-0.1, -0.05) is 0 Å². The summed E-state index contributed by atoms with van der Waals surface area (Å²) in [6.07, 6.45) is -3.04. The summed E-state index contributed by atoms with van der Waals surface area (Å²) >= 11 is 1.95. The van der Waals surface area contributed by atoms with Crippen LogP contribution in [0.25, 0.3) is 0 Å². The molecule has 0 bridgehead atoms. The van der Waals surface area contributed by atoms with Crippen molar-refractivity contribution in [3.8, 4) is 0 Å². The Morgan fingerprint density at radius 3 is 2.36 bits per heavy atom. The Balaban J connectivity index is 2.46. The first kappa shape index (κ1) is 9.57. The molecule has 1 rings (SSSR count). The molecule has 0 aromatic rings. The number of hydrogen-bond acceptors (Lipinski definition) is 1. The van der Waals surface area contributed by atoms with E-state index in [9.17, 15) is 13.2 Å². The molecule has 0 N–H and O–H groups in total. The van der Waals surface area contributed by atoms with Gasteiger partial charge in [0, 0.05) is 36.0 Å². The largest absolute Gasteiger partial charge is 0.393 e. The Morgan fingerprint density at radius 1 is 1.36 bits per heavy atom. The van der Waals surface area contributed by atoms with E-state index in [0.29, 0.717) is 12.8 Å². The van der Waals surface area contributed by atoms with Crippen LogP contribution in [0.15, 0.2) is 0 Å². The zero-order valence-electron chi connectivity index (χ0n) is 5.86. The number of halogens is 4. The second-order valence-electron chi connectivity index (χ2n) is 2.75. The van der Waals surface area contributed by atoms with Gasteiger partial charge < -0.3 is 0 Å². The van der Waals surface area contributed by atoms with E-state index < -0.39 is 12.1 Å². The molecule has 1 aliphatic heterocycles. The first-order chi connectivity index (χ1) is 5.00. The van der Waals surface area contributed by atoms with Gasteiger partial charge in [-0.05, 0) is 12.8 Å². The average Bonchev–Trinajstić information content (AvgIpc) is 1.86. The molecule has 0 aromatic heterocycles. The Kier molecular flexibility index (Phi) is 3.02. The molecule has 1 aliphatic rings. The highest BCUT2D eigenvalue weighted by molar-refractivity contribution is 14.1. The summed E-state index contributed by atoms with van der Waals surface area (Å²) in [4.78, 5) is 0. The van der Waals surface area contributed by atoms with Gasteiger partial charge in [0.05, 0.1) is 5.92 Å². The molecule has 0 saturated carbocycles. The van der Waals surface area contributed by atoms with Gasteiger partial charge in [0.1, 0.15) is 0 Å². The van der Waals surface area contributed by atoms with Crippen LogP contribution in [-0.2, 0) is 0 Å². The molecule has 1 nitrogen and oxygen atoms in total. The summed E-state index contributed by atoms with van der Waals surface area (Å²) in [7, 11) is 0. The first-order valence-corrected chi connectivity index (χ1v) is 4.44. The van der Waals surface area contributed by atoms with Crippen LogP contribution < -0.4 is 0 Å². The van der Waals surface area contributed by atoms with Gasteiger partial charge in [0.25, 0.3) is 0 Å². The molecule has 1 heterocycles. The number of piperidine rings is 1. The second-order valence-corrected chi connectivity index (χ2v) is 4.11. The monoisotopic (exact) mass is 279 g/mol. The van der Waals surface area contributed by atoms with Crippen molar-refractivity contribution in [1.82, 2.24) is 3.11 Å². The molecule has 1 fully saturated rings. The topological polar surface area (TPSA) is 3.24 Å². The second kappa shape index (κ2) is 3.47. The van der Waals surface area contributed by atoms with Crippen molar-refractivity contribution in [2.45, 2.75) is 19.0 Å². The molecule has 1 atom stereocenters. The van der Waals surface area contributed by atoms with Crippen molar-refractivity contribution in [3.05, 3.63) is 0 Å². The van der Waals surface area contributed by atoms with Crippen molar-refractivity contribution < 1.29 is 13.2 Å². The van der Waals surface area contributed by atoms with Gasteiger partial charge in [-0.3, -0.25) is 0 Å². The predicted molar refractivity (Wildman–Crippen MR) is 44.4 cm³/mol. The summed E-state index contributed by atoms with van der Waals surface area (Å²) in [5.41, 5.74) is 0.